The SMILES string of the molecule is CC(C)(C)OCCC(NC(=O)CC(c1ccccc1)C(F)(F)F)C(=O)O. The maximum Gasteiger partial charge on any atom is 0.396 e. The third-order valence-corrected chi connectivity index (χ3v) is 3.56. The Bertz CT molecular complexity index is 597. The molecule has 0 spiro atoms. The monoisotopic (exact) mass is 375 g/mol. The first-order valence-corrected chi connectivity index (χ1v) is 8.18. The molecule has 1 amide bonds. The molecule has 0 saturated heterocycles. The van der Waals surface area contributed by atoms with Crippen molar-refractivity contribution >= 4 is 11.9 Å². The first-order chi connectivity index (χ1) is 11.9. The van der Waals surface area contributed by atoms with Crippen molar-refractivity contribution in [2.45, 2.75) is 57.3 Å². The molecule has 1 rings (SSSR count). The molecule has 0 aromatic heterocycles. The summed E-state index contributed by atoms with van der Waals surface area (Å²) in [6.07, 6.45) is -5.54. The van der Waals surface area contributed by atoms with Crippen molar-refractivity contribution < 1.29 is 32.6 Å². The van der Waals surface area contributed by atoms with E-state index in [1.165, 1.54) is 24.3 Å². The van der Waals surface area contributed by atoms with Gasteiger partial charge in [-0.15, -0.1) is 0 Å². The second-order valence-electron chi connectivity index (χ2n) is 6.92. The van der Waals surface area contributed by atoms with E-state index in [9.17, 15) is 27.9 Å². The van der Waals surface area contributed by atoms with Crippen molar-refractivity contribution in [2.75, 3.05) is 6.61 Å². The van der Waals surface area contributed by atoms with Crippen LogP contribution in [0.4, 0.5) is 13.2 Å². The van der Waals surface area contributed by atoms with Gasteiger partial charge < -0.3 is 15.2 Å². The first-order valence-electron chi connectivity index (χ1n) is 8.18. The molecule has 0 fully saturated rings. The summed E-state index contributed by atoms with van der Waals surface area (Å²) in [6.45, 7) is 5.42. The molecule has 26 heavy (non-hydrogen) atoms. The zero-order valence-electron chi connectivity index (χ0n) is 15.0. The van der Waals surface area contributed by atoms with E-state index in [1.807, 2.05) is 0 Å². The molecule has 146 valence electrons. The van der Waals surface area contributed by atoms with Gasteiger partial charge in [0.15, 0.2) is 0 Å². The number of hydrogen-bond donors (Lipinski definition) is 2. The van der Waals surface area contributed by atoms with E-state index in [0.717, 1.165) is 0 Å². The molecule has 0 aliphatic heterocycles. The highest BCUT2D eigenvalue weighted by atomic mass is 19.4. The lowest BCUT2D eigenvalue weighted by Gasteiger charge is -2.23. The lowest BCUT2D eigenvalue weighted by atomic mass is 9.94. The summed E-state index contributed by atoms with van der Waals surface area (Å²) in [5.74, 6) is -4.29. The average molecular weight is 375 g/mol. The molecule has 2 atom stereocenters. The fraction of sp³-hybridized carbons (Fsp3) is 0.556. The Morgan fingerprint density at radius 1 is 1.15 bits per heavy atom. The van der Waals surface area contributed by atoms with Gasteiger partial charge in [0.05, 0.1) is 11.5 Å². The van der Waals surface area contributed by atoms with Gasteiger partial charge >= 0.3 is 12.1 Å². The summed E-state index contributed by atoms with van der Waals surface area (Å²) in [7, 11) is 0. The maximum atomic E-state index is 13.3. The van der Waals surface area contributed by atoms with Crippen LogP contribution in [0.25, 0.3) is 0 Å². The zero-order valence-corrected chi connectivity index (χ0v) is 15.0. The van der Waals surface area contributed by atoms with Crippen LogP contribution in [0.1, 0.15) is 45.1 Å². The lowest BCUT2D eigenvalue weighted by Crippen LogP contribution is -2.43. The van der Waals surface area contributed by atoms with Crippen molar-refractivity contribution in [3.05, 3.63) is 35.9 Å². The van der Waals surface area contributed by atoms with Gasteiger partial charge in [0.25, 0.3) is 0 Å². The Labute approximate surface area is 150 Å². The van der Waals surface area contributed by atoms with Crippen molar-refractivity contribution in [3.63, 3.8) is 0 Å². The van der Waals surface area contributed by atoms with Crippen molar-refractivity contribution in [1.29, 1.82) is 0 Å². The second-order valence-corrected chi connectivity index (χ2v) is 6.92. The molecule has 0 bridgehead atoms. The number of aliphatic carboxylic acids is 1. The minimum absolute atomic E-state index is 0.0413. The molecule has 0 saturated carbocycles. The highest BCUT2D eigenvalue weighted by Gasteiger charge is 2.42. The lowest BCUT2D eigenvalue weighted by molar-refractivity contribution is -0.158. The Hall–Kier alpha value is -2.09. The quantitative estimate of drug-likeness (QED) is 0.729. The van der Waals surface area contributed by atoms with E-state index in [4.69, 9.17) is 4.74 Å². The molecule has 8 heteroatoms. The number of ether oxygens (including phenoxy) is 1. The van der Waals surface area contributed by atoms with Crippen LogP contribution in [-0.2, 0) is 14.3 Å². The number of halogens is 3. The molecule has 5 nitrogen and oxygen atoms in total. The normalized spacial score (nSPS) is 14.5. The van der Waals surface area contributed by atoms with Crippen molar-refractivity contribution in [2.24, 2.45) is 0 Å². The number of carbonyl (C=O) groups is 2. The number of hydrogen-bond acceptors (Lipinski definition) is 3. The number of amides is 1. The molecular weight excluding hydrogens is 351 g/mol. The van der Waals surface area contributed by atoms with E-state index in [0.29, 0.717) is 0 Å². The Morgan fingerprint density at radius 2 is 1.73 bits per heavy atom. The summed E-state index contributed by atoms with van der Waals surface area (Å²) in [5.41, 5.74) is -0.528. The minimum Gasteiger partial charge on any atom is -0.480 e. The van der Waals surface area contributed by atoms with Crippen LogP contribution in [0.5, 0.6) is 0 Å². The topological polar surface area (TPSA) is 75.6 Å². The van der Waals surface area contributed by atoms with Gasteiger partial charge in [0.2, 0.25) is 5.91 Å². The molecule has 1 aromatic rings. The second kappa shape index (κ2) is 9.02. The van der Waals surface area contributed by atoms with Crippen LogP contribution in [0, 0.1) is 0 Å². The number of benzene rings is 1. The molecule has 0 radical (unpaired) electrons. The fourth-order valence-electron chi connectivity index (χ4n) is 2.29. The number of carbonyl (C=O) groups excluding carboxylic acids is 1. The smallest absolute Gasteiger partial charge is 0.396 e. The predicted molar refractivity (Wildman–Crippen MR) is 89.7 cm³/mol. The number of carboxylic acid groups (broad SMARTS) is 1. The van der Waals surface area contributed by atoms with Crippen molar-refractivity contribution in [1.82, 2.24) is 5.32 Å². The van der Waals surface area contributed by atoms with E-state index >= 15 is 0 Å². The van der Waals surface area contributed by atoms with Crippen LogP contribution < -0.4 is 5.32 Å². The van der Waals surface area contributed by atoms with Gasteiger partial charge in [-0.1, -0.05) is 30.3 Å². The molecule has 0 heterocycles. The number of rotatable bonds is 8. The average Bonchev–Trinajstić information content (AvgIpc) is 2.50. The summed E-state index contributed by atoms with van der Waals surface area (Å²) < 4.78 is 45.2. The van der Waals surface area contributed by atoms with Gasteiger partial charge in [-0.25, -0.2) is 4.79 Å². The Balaban J connectivity index is 2.74. The van der Waals surface area contributed by atoms with Gasteiger partial charge in [0.1, 0.15) is 6.04 Å². The fourth-order valence-corrected chi connectivity index (χ4v) is 2.29. The van der Waals surface area contributed by atoms with E-state index in [-0.39, 0.29) is 18.6 Å². The number of carboxylic acids is 1. The summed E-state index contributed by atoms with van der Waals surface area (Å²) in [4.78, 5) is 23.3. The standard InChI is InChI=1S/C18H24F3NO4/c1-17(2,3)26-10-9-14(16(24)25)22-15(23)11-13(18(19,20)21)12-7-5-4-6-8-12/h4-8,13-14H,9-11H2,1-3H3,(H,22,23)(H,24,25). The molecular formula is C18H24F3NO4. The maximum absolute atomic E-state index is 13.3. The minimum atomic E-state index is -4.62. The number of nitrogens with one attached hydrogen (secondary N) is 1. The molecule has 1 aromatic carbocycles. The van der Waals surface area contributed by atoms with E-state index in [1.54, 1.807) is 26.8 Å². The Kier molecular flexibility index (Phi) is 7.62. The molecule has 0 aliphatic rings. The van der Waals surface area contributed by atoms with Gasteiger partial charge in [0, 0.05) is 19.4 Å². The summed E-state index contributed by atoms with van der Waals surface area (Å²) in [5, 5.41) is 11.3. The largest absolute Gasteiger partial charge is 0.480 e. The van der Waals surface area contributed by atoms with Gasteiger partial charge in [-0.2, -0.15) is 13.2 Å². The van der Waals surface area contributed by atoms with Crippen LogP contribution >= 0.6 is 0 Å². The van der Waals surface area contributed by atoms with Crippen molar-refractivity contribution in [3.8, 4) is 0 Å². The number of alkyl halides is 3. The van der Waals surface area contributed by atoms with Crippen LogP contribution in [0.2, 0.25) is 0 Å². The molecule has 2 unspecified atom stereocenters. The van der Waals surface area contributed by atoms with Gasteiger partial charge in [-0.3, -0.25) is 4.79 Å². The molecule has 2 N–H and O–H groups in total. The highest BCUT2D eigenvalue weighted by Crippen LogP contribution is 2.37. The van der Waals surface area contributed by atoms with Crippen LogP contribution in [0.3, 0.4) is 0 Å². The van der Waals surface area contributed by atoms with Gasteiger partial charge in [-0.05, 0) is 26.3 Å². The zero-order chi connectivity index (χ0) is 20.0. The first kappa shape index (κ1) is 22.0. The summed E-state index contributed by atoms with van der Waals surface area (Å²) in [6, 6.07) is 5.75. The van der Waals surface area contributed by atoms with Crippen LogP contribution in [0.15, 0.2) is 30.3 Å². The van der Waals surface area contributed by atoms with E-state index < -0.39 is 42.0 Å². The third kappa shape index (κ3) is 7.86. The van der Waals surface area contributed by atoms with Crippen LogP contribution in [-0.4, -0.2) is 41.4 Å². The van der Waals surface area contributed by atoms with E-state index in [2.05, 4.69) is 5.32 Å². The third-order valence-electron chi connectivity index (χ3n) is 3.56. The summed E-state index contributed by atoms with van der Waals surface area (Å²) >= 11 is 0. The predicted octanol–water partition coefficient (Wildman–Crippen LogP) is 3.50. The highest BCUT2D eigenvalue weighted by molar-refractivity contribution is 5.84. The molecule has 0 aliphatic carbocycles. The Morgan fingerprint density at radius 3 is 2.19 bits per heavy atom.